The van der Waals surface area contributed by atoms with Crippen molar-refractivity contribution in [1.82, 2.24) is 10.2 Å². The number of amides is 2. The highest BCUT2D eigenvalue weighted by atomic mass is 16.5. The van der Waals surface area contributed by atoms with Gasteiger partial charge in [0, 0.05) is 19.5 Å². The van der Waals surface area contributed by atoms with Crippen molar-refractivity contribution in [2.24, 2.45) is 0 Å². The van der Waals surface area contributed by atoms with Crippen LogP contribution in [-0.2, 0) is 29.0 Å². The highest BCUT2D eigenvalue weighted by Gasteiger charge is 2.30. The zero-order valence-corrected chi connectivity index (χ0v) is 20.8. The topological polar surface area (TPSA) is 58.6 Å². The van der Waals surface area contributed by atoms with Crippen molar-refractivity contribution in [3.8, 4) is 5.75 Å². The van der Waals surface area contributed by atoms with E-state index < -0.39 is 6.04 Å². The van der Waals surface area contributed by atoms with Gasteiger partial charge in [-0.05, 0) is 35.2 Å². The van der Waals surface area contributed by atoms with Crippen LogP contribution in [0.5, 0.6) is 5.75 Å². The first kappa shape index (κ1) is 25.7. The number of carbonyl (C=O) groups is 2. The number of rotatable bonds is 12. The lowest BCUT2D eigenvalue weighted by molar-refractivity contribution is -0.142. The van der Waals surface area contributed by atoms with Crippen LogP contribution in [0.15, 0.2) is 121 Å². The summed E-state index contributed by atoms with van der Waals surface area (Å²) >= 11 is 0. The molecule has 0 aromatic heterocycles. The van der Waals surface area contributed by atoms with Gasteiger partial charge in [0.1, 0.15) is 11.8 Å². The third-order valence-electron chi connectivity index (χ3n) is 6.13. The molecule has 0 aliphatic heterocycles. The normalized spacial score (nSPS) is 11.4. The average molecular weight is 493 g/mol. The zero-order valence-electron chi connectivity index (χ0n) is 20.8. The quantitative estimate of drug-likeness (QED) is 0.301. The maximum Gasteiger partial charge on any atom is 0.261 e. The number of hydrogen-bond acceptors (Lipinski definition) is 3. The SMILES string of the molecule is O=C(NCCc1ccccc1)C(Cc1ccccc1)N(Cc1ccccc1)C(=O)COc1ccccc1. The maximum absolute atomic E-state index is 13.6. The minimum Gasteiger partial charge on any atom is -0.484 e. The second-order valence-corrected chi connectivity index (χ2v) is 8.84. The van der Waals surface area contributed by atoms with E-state index in [1.807, 2.05) is 121 Å². The molecule has 1 unspecified atom stereocenters. The van der Waals surface area contributed by atoms with Gasteiger partial charge < -0.3 is 15.0 Å². The van der Waals surface area contributed by atoms with E-state index in [2.05, 4.69) is 5.32 Å². The number of carbonyl (C=O) groups excluding carboxylic acids is 2. The Balaban J connectivity index is 1.55. The second-order valence-electron chi connectivity index (χ2n) is 8.84. The highest BCUT2D eigenvalue weighted by molar-refractivity contribution is 5.88. The fraction of sp³-hybridized carbons (Fsp3) is 0.188. The molecule has 188 valence electrons. The highest BCUT2D eigenvalue weighted by Crippen LogP contribution is 2.16. The molecule has 4 aromatic rings. The van der Waals surface area contributed by atoms with Gasteiger partial charge >= 0.3 is 0 Å². The molecule has 4 aromatic carbocycles. The lowest BCUT2D eigenvalue weighted by Crippen LogP contribution is -2.52. The molecular weight excluding hydrogens is 460 g/mol. The van der Waals surface area contributed by atoms with Gasteiger partial charge in [-0.25, -0.2) is 0 Å². The van der Waals surface area contributed by atoms with Crippen LogP contribution in [0.4, 0.5) is 0 Å². The lowest BCUT2D eigenvalue weighted by Gasteiger charge is -2.31. The molecule has 0 saturated carbocycles. The Labute approximate surface area is 218 Å². The Morgan fingerprint density at radius 1 is 0.676 bits per heavy atom. The van der Waals surface area contributed by atoms with Crippen LogP contribution in [0.2, 0.25) is 0 Å². The van der Waals surface area contributed by atoms with Gasteiger partial charge in [-0.1, -0.05) is 109 Å². The number of para-hydroxylation sites is 1. The van der Waals surface area contributed by atoms with Crippen LogP contribution in [0.25, 0.3) is 0 Å². The number of nitrogens with zero attached hydrogens (tertiary/aromatic N) is 1. The molecule has 5 heteroatoms. The van der Waals surface area contributed by atoms with E-state index in [-0.39, 0.29) is 18.4 Å². The Hall–Kier alpha value is -4.38. The van der Waals surface area contributed by atoms with Gasteiger partial charge in [0.25, 0.3) is 5.91 Å². The standard InChI is InChI=1S/C32H32N2O3/c35-31(25-37-29-19-11-4-12-20-29)34(24-28-17-9-3-10-18-28)30(23-27-15-7-2-8-16-27)32(36)33-22-21-26-13-5-1-6-14-26/h1-20,30H,21-25H2,(H,33,36). The van der Waals surface area contributed by atoms with Crippen molar-refractivity contribution in [2.45, 2.75) is 25.4 Å². The molecule has 0 aliphatic rings. The molecule has 37 heavy (non-hydrogen) atoms. The smallest absolute Gasteiger partial charge is 0.261 e. The average Bonchev–Trinajstić information content (AvgIpc) is 2.96. The summed E-state index contributed by atoms with van der Waals surface area (Å²) in [5.41, 5.74) is 3.09. The monoisotopic (exact) mass is 492 g/mol. The first-order valence-corrected chi connectivity index (χ1v) is 12.6. The van der Waals surface area contributed by atoms with Crippen molar-refractivity contribution in [2.75, 3.05) is 13.2 Å². The van der Waals surface area contributed by atoms with Gasteiger partial charge in [-0.15, -0.1) is 0 Å². The molecule has 0 saturated heterocycles. The maximum atomic E-state index is 13.6. The number of hydrogen-bond donors (Lipinski definition) is 1. The van der Waals surface area contributed by atoms with Crippen molar-refractivity contribution >= 4 is 11.8 Å². The van der Waals surface area contributed by atoms with Gasteiger partial charge in [-0.3, -0.25) is 9.59 Å². The summed E-state index contributed by atoms with van der Waals surface area (Å²) in [6, 6.07) is 38.1. The Kier molecular flexibility index (Phi) is 9.48. The zero-order chi connectivity index (χ0) is 25.7. The molecule has 0 fully saturated rings. The van der Waals surface area contributed by atoms with Crippen LogP contribution < -0.4 is 10.1 Å². The molecule has 0 radical (unpaired) electrons. The summed E-state index contributed by atoms with van der Waals surface area (Å²) in [6.45, 7) is 0.642. The predicted molar refractivity (Wildman–Crippen MR) is 146 cm³/mol. The van der Waals surface area contributed by atoms with E-state index in [0.29, 0.717) is 31.7 Å². The second kappa shape index (κ2) is 13.6. The predicted octanol–water partition coefficient (Wildman–Crippen LogP) is 5.06. The molecule has 1 N–H and O–H groups in total. The Morgan fingerprint density at radius 2 is 1.19 bits per heavy atom. The summed E-state index contributed by atoms with van der Waals surface area (Å²) in [6.07, 6.45) is 1.12. The van der Waals surface area contributed by atoms with Crippen molar-refractivity contribution < 1.29 is 14.3 Å². The lowest BCUT2D eigenvalue weighted by atomic mass is 10.0. The van der Waals surface area contributed by atoms with Crippen molar-refractivity contribution in [3.63, 3.8) is 0 Å². The first-order valence-electron chi connectivity index (χ1n) is 12.6. The number of benzene rings is 4. The van der Waals surface area contributed by atoms with Gasteiger partial charge in [0.2, 0.25) is 5.91 Å². The molecule has 4 rings (SSSR count). The minimum atomic E-state index is -0.690. The van der Waals surface area contributed by atoms with E-state index >= 15 is 0 Å². The summed E-state index contributed by atoms with van der Waals surface area (Å²) in [5, 5.41) is 3.07. The number of ether oxygens (including phenoxy) is 1. The summed E-state index contributed by atoms with van der Waals surface area (Å²) in [5.74, 6) is 0.193. The van der Waals surface area contributed by atoms with Gasteiger partial charge in [0.05, 0.1) is 0 Å². The molecule has 0 spiro atoms. The van der Waals surface area contributed by atoms with Crippen molar-refractivity contribution in [1.29, 1.82) is 0 Å². The molecule has 0 heterocycles. The van der Waals surface area contributed by atoms with Gasteiger partial charge in [-0.2, -0.15) is 0 Å². The van der Waals surface area contributed by atoms with Crippen LogP contribution in [0, 0.1) is 0 Å². The number of nitrogens with one attached hydrogen (secondary N) is 1. The van der Waals surface area contributed by atoms with Crippen LogP contribution in [0.3, 0.4) is 0 Å². The van der Waals surface area contributed by atoms with Gasteiger partial charge in [0.15, 0.2) is 6.61 Å². The fourth-order valence-electron chi connectivity index (χ4n) is 4.17. The Bertz CT molecular complexity index is 1230. The third-order valence-corrected chi connectivity index (χ3v) is 6.13. The van der Waals surface area contributed by atoms with E-state index in [1.54, 1.807) is 4.90 Å². The fourth-order valence-corrected chi connectivity index (χ4v) is 4.17. The van der Waals surface area contributed by atoms with Crippen LogP contribution in [-0.4, -0.2) is 35.9 Å². The Morgan fingerprint density at radius 3 is 1.78 bits per heavy atom. The molecular formula is C32H32N2O3. The van der Waals surface area contributed by atoms with E-state index in [4.69, 9.17) is 4.74 Å². The molecule has 2 amide bonds. The molecule has 0 aliphatic carbocycles. The van der Waals surface area contributed by atoms with E-state index in [0.717, 1.165) is 16.7 Å². The third kappa shape index (κ3) is 8.07. The summed E-state index contributed by atoms with van der Waals surface area (Å²) in [7, 11) is 0. The van der Waals surface area contributed by atoms with Crippen LogP contribution in [0.1, 0.15) is 16.7 Å². The summed E-state index contributed by atoms with van der Waals surface area (Å²) in [4.78, 5) is 28.8. The van der Waals surface area contributed by atoms with E-state index in [1.165, 1.54) is 0 Å². The van der Waals surface area contributed by atoms with Crippen molar-refractivity contribution in [3.05, 3.63) is 138 Å². The molecule has 5 nitrogen and oxygen atoms in total. The molecule has 1 atom stereocenters. The minimum absolute atomic E-state index is 0.153. The summed E-state index contributed by atoms with van der Waals surface area (Å²) < 4.78 is 5.78. The largest absolute Gasteiger partial charge is 0.484 e. The first-order chi connectivity index (χ1) is 18.2. The van der Waals surface area contributed by atoms with Crippen LogP contribution >= 0.6 is 0 Å². The van der Waals surface area contributed by atoms with E-state index in [9.17, 15) is 9.59 Å². The molecule has 0 bridgehead atoms.